The van der Waals surface area contributed by atoms with Crippen LogP contribution in [-0.4, -0.2) is 65.0 Å². The lowest BCUT2D eigenvalue weighted by Crippen LogP contribution is -2.40. The van der Waals surface area contributed by atoms with Gasteiger partial charge in [-0.25, -0.2) is 9.78 Å². The van der Waals surface area contributed by atoms with Crippen molar-refractivity contribution in [3.05, 3.63) is 18.0 Å². The highest BCUT2D eigenvalue weighted by Gasteiger charge is 2.51. The van der Waals surface area contributed by atoms with Crippen molar-refractivity contribution in [3.63, 3.8) is 0 Å². The standard InChI is InChI=1S/C17H21FN2O9/c1-5-25-17(24)12-15(18)20(7-19-12)16-14(28-10(4)23)13(27-9(3)22)11(29-16)6-26-8(2)21/h7,11,13-14,16H,5-6H2,1-4H3. The molecule has 1 saturated heterocycles. The number of halogens is 1. The number of ether oxygens (including phenoxy) is 5. The van der Waals surface area contributed by atoms with Crippen molar-refractivity contribution in [2.45, 2.75) is 52.2 Å². The van der Waals surface area contributed by atoms with Gasteiger partial charge in [0.2, 0.25) is 11.6 Å². The lowest BCUT2D eigenvalue weighted by Gasteiger charge is -2.23. The third-order valence-electron chi connectivity index (χ3n) is 3.82. The van der Waals surface area contributed by atoms with Crippen LogP contribution in [0.2, 0.25) is 0 Å². The molecular formula is C17H21FN2O9. The predicted octanol–water partition coefficient (Wildman–Crippen LogP) is 0.523. The number of hydrogen-bond donors (Lipinski definition) is 0. The lowest BCUT2D eigenvalue weighted by atomic mass is 10.1. The van der Waals surface area contributed by atoms with Gasteiger partial charge < -0.3 is 23.7 Å². The van der Waals surface area contributed by atoms with Crippen molar-refractivity contribution >= 4 is 23.9 Å². The number of imidazole rings is 1. The molecule has 0 aliphatic carbocycles. The van der Waals surface area contributed by atoms with E-state index in [1.807, 2.05) is 0 Å². The van der Waals surface area contributed by atoms with E-state index in [0.29, 0.717) is 0 Å². The molecule has 2 rings (SSSR count). The first kappa shape index (κ1) is 22.3. The first-order valence-electron chi connectivity index (χ1n) is 8.68. The van der Waals surface area contributed by atoms with Crippen molar-refractivity contribution in [3.8, 4) is 0 Å². The van der Waals surface area contributed by atoms with E-state index in [2.05, 4.69) is 4.98 Å². The summed E-state index contributed by atoms with van der Waals surface area (Å²) in [7, 11) is 0. The zero-order valence-electron chi connectivity index (χ0n) is 16.2. The summed E-state index contributed by atoms with van der Waals surface area (Å²) in [5.74, 6) is -4.18. The van der Waals surface area contributed by atoms with Crippen LogP contribution in [0, 0.1) is 5.95 Å². The zero-order valence-corrected chi connectivity index (χ0v) is 16.2. The third kappa shape index (κ3) is 5.28. The van der Waals surface area contributed by atoms with Crippen LogP contribution >= 0.6 is 0 Å². The molecule has 4 atom stereocenters. The van der Waals surface area contributed by atoms with E-state index >= 15 is 0 Å². The molecule has 0 saturated carbocycles. The Morgan fingerprint density at radius 2 is 1.69 bits per heavy atom. The third-order valence-corrected chi connectivity index (χ3v) is 3.82. The Morgan fingerprint density at radius 3 is 2.24 bits per heavy atom. The average Bonchev–Trinajstić information content (AvgIpc) is 3.14. The zero-order chi connectivity index (χ0) is 21.7. The van der Waals surface area contributed by atoms with Crippen LogP contribution in [0.1, 0.15) is 44.4 Å². The molecule has 1 aliphatic heterocycles. The molecule has 0 N–H and O–H groups in total. The fraction of sp³-hybridized carbons (Fsp3) is 0.588. The molecule has 0 radical (unpaired) electrons. The van der Waals surface area contributed by atoms with Gasteiger partial charge in [0.25, 0.3) is 0 Å². The summed E-state index contributed by atoms with van der Waals surface area (Å²) in [6.07, 6.45) is -3.95. The maximum Gasteiger partial charge on any atom is 0.361 e. The van der Waals surface area contributed by atoms with Gasteiger partial charge in [-0.05, 0) is 6.92 Å². The smallest absolute Gasteiger partial charge is 0.361 e. The van der Waals surface area contributed by atoms with Crippen LogP contribution in [0.25, 0.3) is 0 Å². The molecule has 1 aromatic rings. The van der Waals surface area contributed by atoms with E-state index in [0.717, 1.165) is 31.7 Å². The lowest BCUT2D eigenvalue weighted by molar-refractivity contribution is -0.166. The Labute approximate surface area is 165 Å². The fourth-order valence-electron chi connectivity index (χ4n) is 2.78. The summed E-state index contributed by atoms with van der Waals surface area (Å²) in [5, 5.41) is 0. The number of esters is 4. The largest absolute Gasteiger partial charge is 0.463 e. The van der Waals surface area contributed by atoms with Crippen molar-refractivity contribution in [2.24, 2.45) is 0 Å². The summed E-state index contributed by atoms with van der Waals surface area (Å²) in [6.45, 7) is 4.61. The molecule has 0 amide bonds. The van der Waals surface area contributed by atoms with E-state index in [1.165, 1.54) is 0 Å². The van der Waals surface area contributed by atoms with Gasteiger partial charge in [-0.2, -0.15) is 4.39 Å². The topological polar surface area (TPSA) is 132 Å². The monoisotopic (exact) mass is 416 g/mol. The van der Waals surface area contributed by atoms with Gasteiger partial charge in [0.05, 0.1) is 6.61 Å². The quantitative estimate of drug-likeness (QED) is 0.458. The summed E-state index contributed by atoms with van der Waals surface area (Å²) in [4.78, 5) is 49.7. The van der Waals surface area contributed by atoms with Crippen LogP contribution in [0.4, 0.5) is 4.39 Å². The molecule has 1 aliphatic rings. The summed E-state index contributed by atoms with van der Waals surface area (Å²) >= 11 is 0. The highest BCUT2D eigenvalue weighted by Crippen LogP contribution is 2.35. The van der Waals surface area contributed by atoms with Crippen molar-refractivity contribution in [1.29, 1.82) is 0 Å². The molecule has 4 unspecified atom stereocenters. The minimum atomic E-state index is -1.35. The van der Waals surface area contributed by atoms with Gasteiger partial charge in [-0.1, -0.05) is 0 Å². The first-order chi connectivity index (χ1) is 13.6. The van der Waals surface area contributed by atoms with E-state index in [9.17, 15) is 23.6 Å². The minimum Gasteiger partial charge on any atom is -0.463 e. The molecule has 160 valence electrons. The van der Waals surface area contributed by atoms with E-state index in [4.69, 9.17) is 23.7 Å². The maximum absolute atomic E-state index is 14.8. The van der Waals surface area contributed by atoms with Crippen LogP contribution in [0.5, 0.6) is 0 Å². The average molecular weight is 416 g/mol. The second kappa shape index (κ2) is 9.45. The second-order valence-electron chi connectivity index (χ2n) is 6.03. The van der Waals surface area contributed by atoms with Gasteiger partial charge in [0.15, 0.2) is 18.4 Å². The highest BCUT2D eigenvalue weighted by atomic mass is 19.1. The molecule has 29 heavy (non-hydrogen) atoms. The molecule has 1 aromatic heterocycles. The Kier molecular flexibility index (Phi) is 7.26. The SMILES string of the molecule is CCOC(=O)c1ncn(C2OC(COC(C)=O)C(OC(C)=O)C2OC(C)=O)c1F. The van der Waals surface area contributed by atoms with Gasteiger partial charge in [0.1, 0.15) is 19.0 Å². The molecule has 2 heterocycles. The minimum absolute atomic E-state index is 0.0140. The molecule has 11 nitrogen and oxygen atoms in total. The van der Waals surface area contributed by atoms with Crippen molar-refractivity contribution < 1.29 is 47.3 Å². The Bertz CT molecular complexity index is 794. The Hall–Kier alpha value is -3.02. The highest BCUT2D eigenvalue weighted by molar-refractivity contribution is 5.87. The molecule has 12 heteroatoms. The van der Waals surface area contributed by atoms with Crippen LogP contribution in [-0.2, 0) is 38.1 Å². The van der Waals surface area contributed by atoms with Gasteiger partial charge >= 0.3 is 23.9 Å². The Balaban J connectivity index is 2.39. The number of nitrogens with zero attached hydrogens (tertiary/aromatic N) is 2. The van der Waals surface area contributed by atoms with Gasteiger partial charge in [-0.15, -0.1) is 0 Å². The predicted molar refractivity (Wildman–Crippen MR) is 89.8 cm³/mol. The summed E-state index contributed by atoms with van der Waals surface area (Å²) in [5.41, 5.74) is -0.593. The van der Waals surface area contributed by atoms with Crippen LogP contribution in [0.3, 0.4) is 0 Å². The summed E-state index contributed by atoms with van der Waals surface area (Å²) < 4.78 is 41.2. The maximum atomic E-state index is 14.8. The second-order valence-corrected chi connectivity index (χ2v) is 6.03. The van der Waals surface area contributed by atoms with E-state index in [-0.39, 0.29) is 13.2 Å². The number of carbonyl (C=O) groups excluding carboxylic acids is 4. The van der Waals surface area contributed by atoms with E-state index < -0.39 is 60.1 Å². The van der Waals surface area contributed by atoms with Gasteiger partial charge in [-0.3, -0.25) is 19.0 Å². The first-order valence-corrected chi connectivity index (χ1v) is 8.68. The van der Waals surface area contributed by atoms with E-state index in [1.54, 1.807) is 6.92 Å². The Morgan fingerprint density at radius 1 is 1.07 bits per heavy atom. The van der Waals surface area contributed by atoms with Crippen LogP contribution < -0.4 is 0 Å². The number of rotatable bonds is 7. The normalized spacial score (nSPS) is 23.3. The fourth-order valence-corrected chi connectivity index (χ4v) is 2.78. The number of aromatic nitrogens is 2. The molecular weight excluding hydrogens is 395 g/mol. The number of hydrogen-bond acceptors (Lipinski definition) is 10. The van der Waals surface area contributed by atoms with Crippen molar-refractivity contribution in [1.82, 2.24) is 9.55 Å². The molecule has 1 fully saturated rings. The molecule has 0 bridgehead atoms. The van der Waals surface area contributed by atoms with Crippen LogP contribution in [0.15, 0.2) is 6.33 Å². The van der Waals surface area contributed by atoms with Crippen molar-refractivity contribution in [2.75, 3.05) is 13.2 Å². The summed E-state index contributed by atoms with van der Waals surface area (Å²) in [6, 6.07) is 0. The van der Waals surface area contributed by atoms with Gasteiger partial charge in [0, 0.05) is 20.8 Å². The molecule has 0 spiro atoms. The number of carbonyl (C=O) groups is 4. The molecule has 0 aromatic carbocycles.